The van der Waals surface area contributed by atoms with Crippen molar-refractivity contribution in [1.29, 1.82) is 0 Å². The molecular formula is C12H14N6O2S. The van der Waals surface area contributed by atoms with Crippen LogP contribution in [-0.2, 0) is 24.8 Å². The number of carbonyl (C=O) groups excluding carboxylic acids is 2. The van der Waals surface area contributed by atoms with Crippen LogP contribution < -0.4 is 5.32 Å². The maximum absolute atomic E-state index is 12.3. The van der Waals surface area contributed by atoms with Crippen molar-refractivity contribution in [2.75, 3.05) is 11.9 Å². The third-order valence-corrected chi connectivity index (χ3v) is 4.12. The maximum atomic E-state index is 12.3. The quantitative estimate of drug-likeness (QED) is 0.868. The average molecular weight is 306 g/mol. The zero-order valence-corrected chi connectivity index (χ0v) is 12.5. The molecule has 1 aliphatic heterocycles. The highest BCUT2D eigenvalue weighted by Gasteiger charge is 2.26. The highest BCUT2D eigenvalue weighted by molar-refractivity contribution is 7.15. The summed E-state index contributed by atoms with van der Waals surface area (Å²) in [6.07, 6.45) is 2.28. The number of aryl methyl sites for hydroxylation is 1. The molecule has 0 saturated heterocycles. The molecule has 1 N–H and O–H groups in total. The molecule has 2 amide bonds. The SMILES string of the molecule is CC(=O)Nc1nc2c(s1)CN(C(=O)c1cn(C)nn1)CC2. The molecule has 0 atom stereocenters. The second-order valence-corrected chi connectivity index (χ2v) is 5.91. The van der Waals surface area contributed by atoms with Crippen LogP contribution in [0.1, 0.15) is 28.0 Å². The highest BCUT2D eigenvalue weighted by Crippen LogP contribution is 2.28. The molecule has 3 rings (SSSR count). The minimum atomic E-state index is -0.145. The molecule has 0 fully saturated rings. The summed E-state index contributed by atoms with van der Waals surface area (Å²) in [5.74, 6) is -0.281. The van der Waals surface area contributed by atoms with E-state index in [1.165, 1.54) is 22.9 Å². The molecule has 0 radical (unpaired) electrons. The zero-order chi connectivity index (χ0) is 15.0. The molecule has 0 spiro atoms. The van der Waals surface area contributed by atoms with Gasteiger partial charge < -0.3 is 10.2 Å². The molecule has 0 saturated carbocycles. The summed E-state index contributed by atoms with van der Waals surface area (Å²) in [5, 5.41) is 10.9. The predicted molar refractivity (Wildman–Crippen MR) is 75.9 cm³/mol. The molecule has 1 aliphatic rings. The van der Waals surface area contributed by atoms with Crippen LogP contribution in [0.15, 0.2) is 6.20 Å². The van der Waals surface area contributed by atoms with Gasteiger partial charge in [0.2, 0.25) is 5.91 Å². The Morgan fingerprint density at radius 1 is 1.43 bits per heavy atom. The second kappa shape index (κ2) is 5.24. The molecule has 2 aromatic rings. The van der Waals surface area contributed by atoms with Gasteiger partial charge in [0.05, 0.1) is 18.4 Å². The molecule has 0 aromatic carbocycles. The van der Waals surface area contributed by atoms with E-state index in [0.717, 1.165) is 10.6 Å². The van der Waals surface area contributed by atoms with Crippen LogP contribution in [0, 0.1) is 0 Å². The summed E-state index contributed by atoms with van der Waals surface area (Å²) >= 11 is 1.41. The van der Waals surface area contributed by atoms with Crippen LogP contribution in [-0.4, -0.2) is 43.2 Å². The number of hydrogen-bond acceptors (Lipinski definition) is 6. The number of amides is 2. The van der Waals surface area contributed by atoms with Gasteiger partial charge in [-0.25, -0.2) is 4.98 Å². The number of thiazole rings is 1. The van der Waals surface area contributed by atoms with E-state index >= 15 is 0 Å². The van der Waals surface area contributed by atoms with E-state index in [0.29, 0.717) is 30.3 Å². The van der Waals surface area contributed by atoms with Gasteiger partial charge in [-0.1, -0.05) is 16.6 Å². The summed E-state index contributed by atoms with van der Waals surface area (Å²) in [7, 11) is 1.72. The van der Waals surface area contributed by atoms with E-state index < -0.39 is 0 Å². The minimum absolute atomic E-state index is 0.136. The molecule has 0 unspecified atom stereocenters. The third kappa shape index (κ3) is 2.77. The minimum Gasteiger partial charge on any atom is -0.332 e. The molecule has 8 nitrogen and oxygen atoms in total. The van der Waals surface area contributed by atoms with Gasteiger partial charge in [-0.3, -0.25) is 14.3 Å². The van der Waals surface area contributed by atoms with Crippen molar-refractivity contribution in [1.82, 2.24) is 24.9 Å². The van der Waals surface area contributed by atoms with E-state index in [-0.39, 0.29) is 11.8 Å². The van der Waals surface area contributed by atoms with Crippen molar-refractivity contribution in [3.05, 3.63) is 22.5 Å². The summed E-state index contributed by atoms with van der Waals surface area (Å²) in [6.45, 7) is 2.53. The third-order valence-electron chi connectivity index (χ3n) is 3.12. The van der Waals surface area contributed by atoms with E-state index in [4.69, 9.17) is 0 Å². The number of aromatic nitrogens is 4. The maximum Gasteiger partial charge on any atom is 0.276 e. The Hall–Kier alpha value is -2.29. The number of nitrogens with zero attached hydrogens (tertiary/aromatic N) is 5. The van der Waals surface area contributed by atoms with Gasteiger partial charge in [-0.15, -0.1) is 5.10 Å². The first kappa shape index (κ1) is 13.7. The Labute approximate surface area is 124 Å². The van der Waals surface area contributed by atoms with Crippen LogP contribution in [0.3, 0.4) is 0 Å². The lowest BCUT2D eigenvalue weighted by molar-refractivity contribution is -0.114. The summed E-state index contributed by atoms with van der Waals surface area (Å²) in [5.41, 5.74) is 1.29. The number of anilines is 1. The number of carbonyl (C=O) groups is 2. The van der Waals surface area contributed by atoms with Crippen LogP contribution in [0.25, 0.3) is 0 Å². The zero-order valence-electron chi connectivity index (χ0n) is 11.7. The van der Waals surface area contributed by atoms with Crippen molar-refractivity contribution in [3.63, 3.8) is 0 Å². The Bertz CT molecular complexity index is 706. The average Bonchev–Trinajstić information content (AvgIpc) is 3.01. The summed E-state index contributed by atoms with van der Waals surface area (Å²) < 4.78 is 1.50. The van der Waals surface area contributed by atoms with Crippen molar-refractivity contribution in [2.45, 2.75) is 19.9 Å². The van der Waals surface area contributed by atoms with Gasteiger partial charge in [-0.2, -0.15) is 0 Å². The molecule has 0 bridgehead atoms. The second-order valence-electron chi connectivity index (χ2n) is 4.82. The lowest BCUT2D eigenvalue weighted by Gasteiger charge is -2.25. The van der Waals surface area contributed by atoms with Crippen LogP contribution in [0.5, 0.6) is 0 Å². The normalized spacial score (nSPS) is 13.9. The van der Waals surface area contributed by atoms with Crippen molar-refractivity contribution >= 4 is 28.3 Å². The van der Waals surface area contributed by atoms with E-state index in [1.54, 1.807) is 18.1 Å². The number of nitrogens with one attached hydrogen (secondary N) is 1. The van der Waals surface area contributed by atoms with Crippen molar-refractivity contribution in [3.8, 4) is 0 Å². The Morgan fingerprint density at radius 2 is 2.24 bits per heavy atom. The predicted octanol–water partition coefficient (Wildman–Crippen LogP) is 0.428. The van der Waals surface area contributed by atoms with Crippen molar-refractivity contribution < 1.29 is 9.59 Å². The molecule has 2 aromatic heterocycles. The smallest absolute Gasteiger partial charge is 0.276 e. The molecule has 9 heteroatoms. The fraction of sp³-hybridized carbons (Fsp3) is 0.417. The fourth-order valence-corrected chi connectivity index (χ4v) is 3.25. The monoisotopic (exact) mass is 306 g/mol. The van der Waals surface area contributed by atoms with Crippen LogP contribution >= 0.6 is 11.3 Å². The van der Waals surface area contributed by atoms with E-state index in [2.05, 4.69) is 20.6 Å². The van der Waals surface area contributed by atoms with Crippen LogP contribution in [0.2, 0.25) is 0 Å². The number of hydrogen-bond donors (Lipinski definition) is 1. The topological polar surface area (TPSA) is 93.0 Å². The molecular weight excluding hydrogens is 292 g/mol. The van der Waals surface area contributed by atoms with Gasteiger partial charge in [0, 0.05) is 31.8 Å². The first-order valence-corrected chi connectivity index (χ1v) is 7.26. The van der Waals surface area contributed by atoms with Crippen molar-refractivity contribution in [2.24, 2.45) is 7.05 Å². The Balaban J connectivity index is 1.76. The van der Waals surface area contributed by atoms with Gasteiger partial charge in [0.1, 0.15) is 0 Å². The largest absolute Gasteiger partial charge is 0.332 e. The standard InChI is InChI=1S/C12H14N6O2S/c1-7(19)13-12-14-8-3-4-18(6-10(8)21-12)11(20)9-5-17(2)16-15-9/h5H,3-4,6H2,1-2H3,(H,13,14,19). The number of rotatable bonds is 2. The lowest BCUT2D eigenvalue weighted by Crippen LogP contribution is -2.35. The van der Waals surface area contributed by atoms with Gasteiger partial charge >= 0.3 is 0 Å². The molecule has 0 aliphatic carbocycles. The first-order chi connectivity index (χ1) is 10.0. The van der Waals surface area contributed by atoms with Gasteiger partial charge in [-0.05, 0) is 0 Å². The molecule has 3 heterocycles. The highest BCUT2D eigenvalue weighted by atomic mass is 32.1. The molecule has 21 heavy (non-hydrogen) atoms. The lowest BCUT2D eigenvalue weighted by atomic mass is 10.1. The molecule has 110 valence electrons. The van der Waals surface area contributed by atoms with E-state index in [1.807, 2.05) is 0 Å². The first-order valence-electron chi connectivity index (χ1n) is 6.44. The number of fused-ring (bicyclic) bond motifs is 1. The summed E-state index contributed by atoms with van der Waals surface area (Å²) in [6, 6.07) is 0. The fourth-order valence-electron chi connectivity index (χ4n) is 2.18. The van der Waals surface area contributed by atoms with Gasteiger partial charge in [0.15, 0.2) is 10.8 Å². The van der Waals surface area contributed by atoms with E-state index in [9.17, 15) is 9.59 Å². The Kier molecular flexibility index (Phi) is 3.42. The van der Waals surface area contributed by atoms with Gasteiger partial charge in [0.25, 0.3) is 5.91 Å². The van der Waals surface area contributed by atoms with Crippen LogP contribution in [0.4, 0.5) is 5.13 Å². The Morgan fingerprint density at radius 3 is 2.90 bits per heavy atom. The summed E-state index contributed by atoms with van der Waals surface area (Å²) in [4.78, 5) is 30.5.